The Hall–Kier alpha value is -1.09. The average Bonchev–Trinajstić information content (AvgIpc) is 2.08. The summed E-state index contributed by atoms with van der Waals surface area (Å²) in [5, 5.41) is 1.36. The molecule has 0 unspecified atom stereocenters. The highest BCUT2D eigenvalue weighted by Gasteiger charge is 1.99. The highest BCUT2D eigenvalue weighted by Crippen LogP contribution is 2.13. The molecule has 0 aliphatic carbocycles. The summed E-state index contributed by atoms with van der Waals surface area (Å²) in [7, 11) is 5.70. The molecule has 0 aliphatic heterocycles. The van der Waals surface area contributed by atoms with E-state index in [1.165, 1.54) is 0 Å². The Labute approximate surface area is 82.4 Å². The molecule has 0 bridgehead atoms. The predicted molar refractivity (Wildman–Crippen MR) is 54.7 cm³/mol. The van der Waals surface area contributed by atoms with Gasteiger partial charge in [0.05, 0.1) is 5.52 Å². The Morgan fingerprint density at radius 3 is 2.92 bits per heavy atom. The SMILES string of the molecule is [B]c1cc2cnc(Cl)cc2nc1C. The molecule has 0 N–H and O–H groups in total. The van der Waals surface area contributed by atoms with Gasteiger partial charge in [-0.25, -0.2) is 4.98 Å². The van der Waals surface area contributed by atoms with Crippen LogP contribution in [0.3, 0.4) is 0 Å². The molecule has 4 heteroatoms. The first kappa shape index (κ1) is 8.51. The van der Waals surface area contributed by atoms with Crippen LogP contribution < -0.4 is 5.46 Å². The summed E-state index contributed by atoms with van der Waals surface area (Å²) in [4.78, 5) is 8.23. The van der Waals surface area contributed by atoms with Gasteiger partial charge in [0.15, 0.2) is 0 Å². The monoisotopic (exact) mass is 188 g/mol. The third-order valence-electron chi connectivity index (χ3n) is 1.90. The molecule has 13 heavy (non-hydrogen) atoms. The summed E-state index contributed by atoms with van der Waals surface area (Å²) in [6.45, 7) is 1.86. The van der Waals surface area contributed by atoms with Crippen molar-refractivity contribution in [1.29, 1.82) is 0 Å². The van der Waals surface area contributed by atoms with Gasteiger partial charge in [0, 0.05) is 23.3 Å². The van der Waals surface area contributed by atoms with Gasteiger partial charge in [0.1, 0.15) is 13.0 Å². The number of pyridine rings is 2. The van der Waals surface area contributed by atoms with Gasteiger partial charge in [-0.15, -0.1) is 0 Å². The number of nitrogens with zero attached hydrogens (tertiary/aromatic N) is 2. The fourth-order valence-corrected chi connectivity index (χ4v) is 1.31. The van der Waals surface area contributed by atoms with E-state index in [2.05, 4.69) is 9.97 Å². The van der Waals surface area contributed by atoms with Crippen molar-refractivity contribution in [3.63, 3.8) is 0 Å². The van der Waals surface area contributed by atoms with E-state index in [1.807, 2.05) is 13.0 Å². The summed E-state index contributed by atoms with van der Waals surface area (Å²) in [5.41, 5.74) is 2.32. The van der Waals surface area contributed by atoms with Crippen LogP contribution in [-0.4, -0.2) is 17.8 Å². The lowest BCUT2D eigenvalue weighted by Gasteiger charge is -2.02. The lowest BCUT2D eigenvalue weighted by atomic mass is 9.93. The van der Waals surface area contributed by atoms with Crippen molar-refractivity contribution in [2.24, 2.45) is 0 Å². The first-order chi connectivity index (χ1) is 6.16. The number of aryl methyl sites for hydroxylation is 1. The van der Waals surface area contributed by atoms with E-state index in [9.17, 15) is 0 Å². The van der Waals surface area contributed by atoms with E-state index in [-0.39, 0.29) is 0 Å². The molecule has 2 radical (unpaired) electrons. The van der Waals surface area contributed by atoms with Crippen molar-refractivity contribution in [3.8, 4) is 0 Å². The fourth-order valence-electron chi connectivity index (χ4n) is 1.16. The van der Waals surface area contributed by atoms with Crippen molar-refractivity contribution in [1.82, 2.24) is 9.97 Å². The normalized spacial score (nSPS) is 10.6. The maximum atomic E-state index is 5.73. The third kappa shape index (κ3) is 1.52. The molecule has 0 fully saturated rings. The third-order valence-corrected chi connectivity index (χ3v) is 2.10. The molecule has 0 atom stereocenters. The van der Waals surface area contributed by atoms with Crippen LogP contribution in [0, 0.1) is 6.92 Å². The number of hydrogen-bond donors (Lipinski definition) is 0. The van der Waals surface area contributed by atoms with E-state index < -0.39 is 0 Å². The fraction of sp³-hybridized carbons (Fsp3) is 0.111. The van der Waals surface area contributed by atoms with E-state index in [0.717, 1.165) is 16.6 Å². The summed E-state index contributed by atoms with van der Waals surface area (Å²) < 4.78 is 0. The average molecular weight is 188 g/mol. The number of halogens is 1. The van der Waals surface area contributed by atoms with Gasteiger partial charge in [0.2, 0.25) is 0 Å². The molecule has 0 aliphatic rings. The van der Waals surface area contributed by atoms with Crippen LogP contribution in [0.2, 0.25) is 5.15 Å². The minimum Gasteiger partial charge on any atom is -0.254 e. The van der Waals surface area contributed by atoms with Gasteiger partial charge in [-0.3, -0.25) is 4.98 Å². The minimum atomic E-state index is 0.448. The van der Waals surface area contributed by atoms with Gasteiger partial charge < -0.3 is 0 Å². The standard InChI is InChI=1S/C9H6BClN2/c1-5-7(10)2-6-4-12-9(11)3-8(6)13-5/h2-4H,1H3. The van der Waals surface area contributed by atoms with Gasteiger partial charge in [0.25, 0.3) is 0 Å². The molecule has 62 valence electrons. The Balaban J connectivity index is 2.81. The summed E-state index contributed by atoms with van der Waals surface area (Å²) >= 11 is 5.73. The number of aromatic nitrogens is 2. The molecular formula is C9H6BClN2. The molecule has 2 nitrogen and oxygen atoms in total. The largest absolute Gasteiger partial charge is 0.254 e. The highest BCUT2D eigenvalue weighted by molar-refractivity contribution is 6.34. The lowest BCUT2D eigenvalue weighted by Crippen LogP contribution is -2.09. The van der Waals surface area contributed by atoms with E-state index in [4.69, 9.17) is 19.4 Å². The topological polar surface area (TPSA) is 25.8 Å². The van der Waals surface area contributed by atoms with Crippen molar-refractivity contribution >= 4 is 35.8 Å². The number of fused-ring (bicyclic) bond motifs is 1. The Morgan fingerprint density at radius 1 is 1.38 bits per heavy atom. The minimum absolute atomic E-state index is 0.448. The number of hydrogen-bond acceptors (Lipinski definition) is 2. The molecule has 0 aromatic carbocycles. The van der Waals surface area contributed by atoms with E-state index in [0.29, 0.717) is 10.6 Å². The van der Waals surface area contributed by atoms with Crippen LogP contribution in [0.5, 0.6) is 0 Å². The molecule has 0 amide bonds. The molecule has 0 saturated carbocycles. The summed E-state index contributed by atoms with van der Waals surface area (Å²) in [6.07, 6.45) is 1.67. The van der Waals surface area contributed by atoms with Crippen molar-refractivity contribution < 1.29 is 0 Å². The molecule has 2 heterocycles. The Bertz CT molecular complexity index is 470. The zero-order valence-electron chi connectivity index (χ0n) is 7.08. The zero-order chi connectivity index (χ0) is 9.42. The Kier molecular flexibility index (Phi) is 1.96. The molecular weight excluding hydrogens is 182 g/mol. The van der Waals surface area contributed by atoms with Crippen molar-refractivity contribution in [2.75, 3.05) is 0 Å². The van der Waals surface area contributed by atoms with Crippen molar-refractivity contribution in [2.45, 2.75) is 6.92 Å². The maximum Gasteiger partial charge on any atom is 0.131 e. The molecule has 2 rings (SSSR count). The second-order valence-electron chi connectivity index (χ2n) is 2.86. The van der Waals surface area contributed by atoms with Crippen LogP contribution in [0.25, 0.3) is 10.9 Å². The van der Waals surface area contributed by atoms with Gasteiger partial charge in [-0.1, -0.05) is 23.1 Å². The van der Waals surface area contributed by atoms with Gasteiger partial charge in [-0.2, -0.15) is 0 Å². The van der Waals surface area contributed by atoms with Crippen LogP contribution in [0.15, 0.2) is 18.3 Å². The summed E-state index contributed by atoms with van der Waals surface area (Å²) in [6, 6.07) is 3.57. The van der Waals surface area contributed by atoms with E-state index in [1.54, 1.807) is 12.3 Å². The Morgan fingerprint density at radius 2 is 2.15 bits per heavy atom. The number of rotatable bonds is 0. The quantitative estimate of drug-likeness (QED) is 0.461. The smallest absolute Gasteiger partial charge is 0.131 e. The first-order valence-corrected chi connectivity index (χ1v) is 4.23. The van der Waals surface area contributed by atoms with Crippen LogP contribution >= 0.6 is 11.6 Å². The summed E-state index contributed by atoms with van der Waals surface area (Å²) in [5.74, 6) is 0. The maximum absolute atomic E-state index is 5.73. The molecule has 0 saturated heterocycles. The highest BCUT2D eigenvalue weighted by atomic mass is 35.5. The zero-order valence-corrected chi connectivity index (χ0v) is 7.84. The first-order valence-electron chi connectivity index (χ1n) is 3.85. The lowest BCUT2D eigenvalue weighted by molar-refractivity contribution is 1.26. The van der Waals surface area contributed by atoms with Crippen LogP contribution in [0.1, 0.15) is 5.69 Å². The second kappa shape index (κ2) is 3.00. The van der Waals surface area contributed by atoms with E-state index >= 15 is 0 Å². The predicted octanol–water partition coefficient (Wildman–Crippen LogP) is 1.39. The second-order valence-corrected chi connectivity index (χ2v) is 3.25. The molecule has 0 spiro atoms. The van der Waals surface area contributed by atoms with Crippen molar-refractivity contribution in [3.05, 3.63) is 29.2 Å². The van der Waals surface area contributed by atoms with Gasteiger partial charge >= 0.3 is 0 Å². The van der Waals surface area contributed by atoms with Gasteiger partial charge in [-0.05, 0) is 6.92 Å². The molecule has 2 aromatic heterocycles. The van der Waals surface area contributed by atoms with Crippen LogP contribution in [0.4, 0.5) is 0 Å². The van der Waals surface area contributed by atoms with Crippen LogP contribution in [-0.2, 0) is 0 Å². The molecule has 2 aromatic rings.